The van der Waals surface area contributed by atoms with Crippen molar-refractivity contribution < 1.29 is 5.11 Å². The fraction of sp³-hybridized carbons (Fsp3) is 0.667. The van der Waals surface area contributed by atoms with Gasteiger partial charge in [0.15, 0.2) is 0 Å². The van der Waals surface area contributed by atoms with Gasteiger partial charge in [-0.3, -0.25) is 4.68 Å². The first-order chi connectivity index (χ1) is 8.49. The Balaban J connectivity index is 1.93. The molecule has 0 atom stereocenters. The van der Waals surface area contributed by atoms with Crippen molar-refractivity contribution in [3.05, 3.63) is 18.0 Å². The Hall–Kier alpha value is -1.27. The maximum absolute atomic E-state index is 10.4. The first-order valence-electron chi connectivity index (χ1n) is 6.73. The van der Waals surface area contributed by atoms with E-state index in [4.69, 9.17) is 0 Å². The normalized spacial score (nSPS) is 27.9. The number of aliphatic hydroxyl groups is 1. The van der Waals surface area contributed by atoms with Gasteiger partial charge in [-0.05, 0) is 43.6 Å². The summed E-state index contributed by atoms with van der Waals surface area (Å²) in [6.07, 6.45) is 5.63. The lowest BCUT2D eigenvalue weighted by Crippen LogP contribution is -2.38. The van der Waals surface area contributed by atoms with Gasteiger partial charge >= 0.3 is 0 Å². The van der Waals surface area contributed by atoms with Gasteiger partial charge in [-0.25, -0.2) is 0 Å². The molecular weight excluding hydrogens is 224 g/mol. The molecule has 2 rings (SSSR count). The lowest BCUT2D eigenvalue weighted by molar-refractivity contribution is -0.0428. The molecule has 1 heterocycles. The van der Waals surface area contributed by atoms with Gasteiger partial charge in [0.2, 0.25) is 0 Å². The first-order valence-corrected chi connectivity index (χ1v) is 6.73. The van der Waals surface area contributed by atoms with Crippen LogP contribution in [0, 0.1) is 23.7 Å². The van der Waals surface area contributed by atoms with Crippen LogP contribution in [0.25, 0.3) is 0 Å². The zero-order chi connectivity index (χ0) is 13.2. The molecule has 1 aliphatic carbocycles. The van der Waals surface area contributed by atoms with Crippen LogP contribution in [-0.4, -0.2) is 20.5 Å². The molecule has 3 nitrogen and oxygen atoms in total. The van der Waals surface area contributed by atoms with Crippen LogP contribution in [0.3, 0.4) is 0 Å². The number of nitrogens with zero attached hydrogens (tertiary/aromatic N) is 2. The fourth-order valence-electron chi connectivity index (χ4n) is 2.50. The lowest BCUT2D eigenvalue weighted by atomic mass is 9.73. The Labute approximate surface area is 109 Å². The predicted molar refractivity (Wildman–Crippen MR) is 71.8 cm³/mol. The van der Waals surface area contributed by atoms with Gasteiger partial charge < -0.3 is 5.11 Å². The summed E-state index contributed by atoms with van der Waals surface area (Å²) < 4.78 is 1.77. The number of hydrogen-bond donors (Lipinski definition) is 1. The second-order valence-electron chi connectivity index (χ2n) is 5.68. The molecule has 18 heavy (non-hydrogen) atoms. The van der Waals surface area contributed by atoms with E-state index in [-0.39, 0.29) is 0 Å². The molecule has 1 N–H and O–H groups in total. The highest BCUT2D eigenvalue weighted by molar-refractivity contribution is 5.26. The molecule has 3 heteroatoms. The monoisotopic (exact) mass is 246 g/mol. The zero-order valence-electron chi connectivity index (χ0n) is 11.5. The largest absolute Gasteiger partial charge is 0.390 e. The third-order valence-electron chi connectivity index (χ3n) is 4.04. The molecule has 0 saturated heterocycles. The molecular formula is C15H22N2O. The van der Waals surface area contributed by atoms with Crippen molar-refractivity contribution in [2.75, 3.05) is 0 Å². The summed E-state index contributed by atoms with van der Waals surface area (Å²) in [5.41, 5.74) is 0.366. The van der Waals surface area contributed by atoms with Crippen molar-refractivity contribution in [1.82, 2.24) is 9.78 Å². The van der Waals surface area contributed by atoms with Crippen LogP contribution in [0.4, 0.5) is 0 Å². The third-order valence-corrected chi connectivity index (χ3v) is 4.04. The van der Waals surface area contributed by atoms with Crippen molar-refractivity contribution in [2.24, 2.45) is 18.9 Å². The Morgan fingerprint density at radius 3 is 2.61 bits per heavy atom. The standard InChI is InChI=1S/C15H22N2O/c1-12(2)15(18)9-6-13(7-10-15)4-5-14-8-11-17(3)16-14/h8,11-13,18H,6-7,9-10H2,1-3H3. The second-order valence-corrected chi connectivity index (χ2v) is 5.68. The summed E-state index contributed by atoms with van der Waals surface area (Å²) in [5.74, 6) is 7.16. The van der Waals surface area contributed by atoms with Crippen molar-refractivity contribution in [3.63, 3.8) is 0 Å². The Kier molecular flexibility index (Phi) is 3.77. The quantitative estimate of drug-likeness (QED) is 0.772. The number of rotatable bonds is 1. The van der Waals surface area contributed by atoms with Crippen molar-refractivity contribution in [3.8, 4) is 11.8 Å². The molecule has 0 spiro atoms. The van der Waals surface area contributed by atoms with Crippen molar-refractivity contribution >= 4 is 0 Å². The van der Waals surface area contributed by atoms with Crippen LogP contribution in [0.5, 0.6) is 0 Å². The average Bonchev–Trinajstić information content (AvgIpc) is 2.74. The molecule has 1 aliphatic rings. The summed E-state index contributed by atoms with van der Waals surface area (Å²) in [6.45, 7) is 4.19. The summed E-state index contributed by atoms with van der Waals surface area (Å²) in [7, 11) is 1.90. The van der Waals surface area contributed by atoms with E-state index in [1.165, 1.54) is 0 Å². The van der Waals surface area contributed by atoms with E-state index >= 15 is 0 Å². The molecule has 0 amide bonds. The smallest absolute Gasteiger partial charge is 0.135 e. The van der Waals surface area contributed by atoms with Crippen LogP contribution in [0.2, 0.25) is 0 Å². The average molecular weight is 246 g/mol. The first kappa shape index (κ1) is 13.2. The maximum Gasteiger partial charge on any atom is 0.135 e. The van der Waals surface area contributed by atoms with Gasteiger partial charge in [0.25, 0.3) is 0 Å². The lowest BCUT2D eigenvalue weighted by Gasteiger charge is -2.37. The highest BCUT2D eigenvalue weighted by atomic mass is 16.3. The highest BCUT2D eigenvalue weighted by Crippen LogP contribution is 2.36. The molecule has 0 radical (unpaired) electrons. The van der Waals surface area contributed by atoms with Crippen LogP contribution in [0.1, 0.15) is 45.2 Å². The fourth-order valence-corrected chi connectivity index (χ4v) is 2.50. The molecule has 0 aliphatic heterocycles. The second kappa shape index (κ2) is 5.16. The van der Waals surface area contributed by atoms with Crippen LogP contribution in [-0.2, 0) is 7.05 Å². The van der Waals surface area contributed by atoms with E-state index in [1.807, 2.05) is 19.3 Å². The third kappa shape index (κ3) is 2.94. The van der Waals surface area contributed by atoms with Crippen LogP contribution in [0.15, 0.2) is 12.3 Å². The van der Waals surface area contributed by atoms with Gasteiger partial charge in [-0.1, -0.05) is 19.8 Å². The molecule has 1 fully saturated rings. The topological polar surface area (TPSA) is 38.0 Å². The molecule has 1 aromatic rings. The van der Waals surface area contributed by atoms with E-state index in [9.17, 15) is 5.11 Å². The van der Waals surface area contributed by atoms with E-state index in [0.717, 1.165) is 31.4 Å². The summed E-state index contributed by atoms with van der Waals surface area (Å²) in [6, 6.07) is 1.93. The molecule has 0 unspecified atom stereocenters. The number of aryl methyl sites for hydroxylation is 1. The SMILES string of the molecule is CC(C)C1(O)CCC(C#Cc2ccn(C)n2)CC1. The van der Waals surface area contributed by atoms with Gasteiger partial charge in [0.05, 0.1) is 5.60 Å². The van der Waals surface area contributed by atoms with Crippen LogP contribution < -0.4 is 0 Å². The van der Waals surface area contributed by atoms with E-state index in [1.54, 1.807) is 4.68 Å². The predicted octanol–water partition coefficient (Wildman–Crippen LogP) is 2.35. The Morgan fingerprint density at radius 2 is 2.11 bits per heavy atom. The highest BCUT2D eigenvalue weighted by Gasteiger charge is 2.35. The minimum absolute atomic E-state index is 0.335. The summed E-state index contributed by atoms with van der Waals surface area (Å²) in [4.78, 5) is 0. The van der Waals surface area contributed by atoms with E-state index in [2.05, 4.69) is 30.8 Å². The van der Waals surface area contributed by atoms with Crippen molar-refractivity contribution in [2.45, 2.75) is 45.1 Å². The van der Waals surface area contributed by atoms with Gasteiger partial charge in [-0.2, -0.15) is 5.10 Å². The molecule has 98 valence electrons. The van der Waals surface area contributed by atoms with E-state index in [0.29, 0.717) is 11.8 Å². The van der Waals surface area contributed by atoms with Gasteiger partial charge in [-0.15, -0.1) is 0 Å². The molecule has 1 aromatic heterocycles. The molecule has 0 aromatic carbocycles. The summed E-state index contributed by atoms with van der Waals surface area (Å²) >= 11 is 0. The van der Waals surface area contributed by atoms with Gasteiger partial charge in [0, 0.05) is 19.2 Å². The zero-order valence-corrected chi connectivity index (χ0v) is 11.5. The van der Waals surface area contributed by atoms with E-state index < -0.39 is 5.60 Å². The minimum atomic E-state index is -0.469. The van der Waals surface area contributed by atoms with Gasteiger partial charge in [0.1, 0.15) is 5.69 Å². The minimum Gasteiger partial charge on any atom is -0.390 e. The Morgan fingerprint density at radius 1 is 1.44 bits per heavy atom. The number of aromatic nitrogens is 2. The Bertz CT molecular complexity index is 456. The maximum atomic E-state index is 10.4. The molecule has 1 saturated carbocycles. The van der Waals surface area contributed by atoms with Crippen molar-refractivity contribution in [1.29, 1.82) is 0 Å². The number of hydrogen-bond acceptors (Lipinski definition) is 2. The summed E-state index contributed by atoms with van der Waals surface area (Å²) in [5, 5.41) is 14.6. The molecule has 0 bridgehead atoms. The van der Waals surface area contributed by atoms with Crippen LogP contribution >= 0.6 is 0 Å².